The highest BCUT2D eigenvalue weighted by atomic mass is 35.5. The Hall–Kier alpha value is -4.47. The molecule has 0 spiro atoms. The number of aromatic nitrogens is 5. The summed E-state index contributed by atoms with van der Waals surface area (Å²) >= 11 is 9.25. The fourth-order valence-corrected chi connectivity index (χ4v) is 7.85. The molecule has 2 aliphatic heterocycles. The van der Waals surface area contributed by atoms with Gasteiger partial charge >= 0.3 is 5.97 Å². The number of carboxylic acids is 1. The number of thioether (sulfide) groups is 2. The number of nitrogens with one attached hydrogen (secondary N) is 3. The maximum absolute atomic E-state index is 13.4. The Bertz CT molecular complexity index is 1720. The third-order valence-electron chi connectivity index (χ3n) is 6.67. The number of carboxylic acid groups (broad SMARTS) is 1. The zero-order chi connectivity index (χ0) is 33.0. The van der Waals surface area contributed by atoms with E-state index in [1.165, 1.54) is 44.9 Å². The molecule has 5 N–H and O–H groups in total. The molecule has 0 radical (unpaired) electrons. The molecule has 18 nitrogen and oxygen atoms in total. The molecule has 242 valence electrons. The number of benzene rings is 1. The van der Waals surface area contributed by atoms with Gasteiger partial charge in [-0.25, -0.2) is 9.67 Å². The average Bonchev–Trinajstić information content (AvgIpc) is 3.67. The molecule has 5 rings (SSSR count). The van der Waals surface area contributed by atoms with Gasteiger partial charge in [-0.1, -0.05) is 28.5 Å². The van der Waals surface area contributed by atoms with Gasteiger partial charge in [0.1, 0.15) is 28.3 Å². The lowest BCUT2D eigenvalue weighted by atomic mass is 9.89. The number of hydrogen-bond donors (Lipinski definition) is 5. The van der Waals surface area contributed by atoms with Crippen molar-refractivity contribution in [1.82, 2.24) is 35.4 Å². The van der Waals surface area contributed by atoms with Crippen LogP contribution in [-0.2, 0) is 35.9 Å². The summed E-state index contributed by atoms with van der Waals surface area (Å²) in [6, 6.07) is 3.03. The highest BCUT2D eigenvalue weighted by Crippen LogP contribution is 2.44. The van der Waals surface area contributed by atoms with Crippen LogP contribution in [0.15, 0.2) is 33.9 Å². The topological polar surface area (TPSA) is 243 Å². The number of β-lactam (4-membered cyclic amide) rings is 1. The van der Waals surface area contributed by atoms with Gasteiger partial charge in [0.25, 0.3) is 11.8 Å². The summed E-state index contributed by atoms with van der Waals surface area (Å²) in [4.78, 5) is 72.8. The van der Waals surface area contributed by atoms with Crippen LogP contribution in [0.3, 0.4) is 0 Å². The first kappa shape index (κ1) is 32.9. The number of thiazole rings is 1. The van der Waals surface area contributed by atoms with Crippen molar-refractivity contribution < 1.29 is 39.0 Å². The van der Waals surface area contributed by atoms with Crippen molar-refractivity contribution in [2.45, 2.75) is 16.6 Å². The number of carbonyl (C=O) groups is 5. The van der Waals surface area contributed by atoms with E-state index in [4.69, 9.17) is 16.4 Å². The average molecular weight is 711 g/mol. The highest BCUT2D eigenvalue weighted by molar-refractivity contribution is 8.00. The van der Waals surface area contributed by atoms with Crippen LogP contribution in [0.2, 0.25) is 5.02 Å². The number of tetrazole rings is 1. The van der Waals surface area contributed by atoms with Crippen molar-refractivity contribution in [1.29, 1.82) is 0 Å². The first-order valence-electron chi connectivity index (χ1n) is 13.0. The predicted molar refractivity (Wildman–Crippen MR) is 166 cm³/mol. The molecule has 4 amide bonds. The van der Waals surface area contributed by atoms with Crippen molar-refractivity contribution >= 4 is 93.1 Å². The van der Waals surface area contributed by atoms with Gasteiger partial charge in [-0.2, -0.15) is 0 Å². The summed E-state index contributed by atoms with van der Waals surface area (Å²) < 4.78 is 1.42. The third-order valence-corrected chi connectivity index (χ3v) is 10.6. The van der Waals surface area contributed by atoms with E-state index in [-0.39, 0.29) is 45.3 Å². The Labute approximate surface area is 276 Å². The molecule has 22 heteroatoms. The SMILES string of the molecule is Cn1nnnc1SCC1(C(=O)O)CS[C@@H]2C(NC(=O)C(=NOCC(=O)Nc3cc(Cl)ccc3O)c3csc(NC=O)n3)C(=O)N2C1. The summed E-state index contributed by atoms with van der Waals surface area (Å²) in [6.45, 7) is -0.766. The lowest BCUT2D eigenvalue weighted by Crippen LogP contribution is -2.74. The number of halogens is 1. The van der Waals surface area contributed by atoms with E-state index in [1.807, 2.05) is 0 Å². The molecule has 3 atom stereocenters. The van der Waals surface area contributed by atoms with E-state index in [2.05, 4.69) is 41.6 Å². The van der Waals surface area contributed by atoms with Gasteiger partial charge in [-0.15, -0.1) is 28.2 Å². The highest BCUT2D eigenvalue weighted by Gasteiger charge is 2.57. The van der Waals surface area contributed by atoms with Crippen molar-refractivity contribution in [3.63, 3.8) is 0 Å². The predicted octanol–water partition coefficient (Wildman–Crippen LogP) is 0.217. The molecule has 46 heavy (non-hydrogen) atoms. The van der Waals surface area contributed by atoms with E-state index < -0.39 is 52.8 Å². The second-order valence-corrected chi connectivity index (χ2v) is 13.1. The number of carbonyl (C=O) groups excluding carboxylic acids is 4. The van der Waals surface area contributed by atoms with E-state index in [0.29, 0.717) is 11.6 Å². The standard InChI is InChI=1S/C24H23ClN10O8S3/c1-34-23(30-32-33-34)46-9-24(21(41)42)7-35-19(40)17(20(35)45-8-24)29-18(39)16(13-6-44-22(28-13)26-10-36)31-43-5-15(38)27-12-4-11(25)2-3-14(12)37/h2-4,6,10,17,20,37H,5,7-9H2,1H3,(H,27,38)(H,29,39)(H,41,42)(H,26,28,36)/t17?,20-,24?/m1/s1. The molecule has 0 aliphatic carbocycles. The lowest BCUT2D eigenvalue weighted by Gasteiger charge is -2.53. The molecule has 2 fully saturated rings. The molecular weight excluding hydrogens is 688 g/mol. The Morgan fingerprint density at radius 1 is 1.35 bits per heavy atom. The van der Waals surface area contributed by atoms with E-state index >= 15 is 0 Å². The minimum atomic E-state index is -1.28. The third kappa shape index (κ3) is 7.00. The Morgan fingerprint density at radius 3 is 2.87 bits per heavy atom. The zero-order valence-electron chi connectivity index (χ0n) is 23.4. The van der Waals surface area contributed by atoms with Crippen LogP contribution in [0.25, 0.3) is 0 Å². The Balaban J connectivity index is 1.25. The number of nitrogens with zero attached hydrogens (tertiary/aromatic N) is 7. The van der Waals surface area contributed by atoms with Crippen molar-refractivity contribution in [2.24, 2.45) is 17.6 Å². The Morgan fingerprint density at radius 2 is 2.15 bits per heavy atom. The molecule has 2 aromatic heterocycles. The van der Waals surface area contributed by atoms with Crippen LogP contribution < -0.4 is 16.0 Å². The first-order chi connectivity index (χ1) is 22.0. The zero-order valence-corrected chi connectivity index (χ0v) is 26.7. The van der Waals surface area contributed by atoms with E-state index in [1.54, 1.807) is 7.05 Å². The van der Waals surface area contributed by atoms with Gasteiger partial charge < -0.3 is 35.9 Å². The van der Waals surface area contributed by atoms with E-state index in [0.717, 1.165) is 23.1 Å². The number of phenolic OH excluding ortho intramolecular Hbond substituents is 1. The summed E-state index contributed by atoms with van der Waals surface area (Å²) in [5, 5.41) is 44.0. The van der Waals surface area contributed by atoms with Gasteiger partial charge in [0, 0.05) is 35.5 Å². The minimum absolute atomic E-state index is 0.0140. The summed E-state index contributed by atoms with van der Waals surface area (Å²) in [6.07, 6.45) is 0.396. The fraction of sp³-hybridized carbons (Fsp3) is 0.333. The Kier molecular flexibility index (Phi) is 9.94. The van der Waals surface area contributed by atoms with Crippen LogP contribution in [0.4, 0.5) is 10.8 Å². The number of aromatic hydroxyl groups is 1. The number of anilines is 2. The molecule has 0 bridgehead atoms. The second-order valence-electron chi connectivity index (χ2n) is 9.80. The van der Waals surface area contributed by atoms with Gasteiger partial charge in [0.2, 0.25) is 17.5 Å². The quantitative estimate of drug-likeness (QED) is 0.0398. The van der Waals surface area contributed by atoms with Crippen LogP contribution in [0, 0.1) is 5.41 Å². The summed E-state index contributed by atoms with van der Waals surface area (Å²) in [7, 11) is 1.63. The van der Waals surface area contributed by atoms with E-state index in [9.17, 15) is 34.2 Å². The number of amides is 4. The maximum atomic E-state index is 13.4. The van der Waals surface area contributed by atoms with Crippen molar-refractivity contribution in [2.75, 3.05) is 35.3 Å². The van der Waals surface area contributed by atoms with Gasteiger partial charge in [0.15, 0.2) is 17.5 Å². The maximum Gasteiger partial charge on any atom is 0.313 e. The molecule has 4 heterocycles. The number of oxime groups is 1. The monoisotopic (exact) mass is 710 g/mol. The number of aliphatic carboxylic acids is 1. The molecule has 2 aliphatic rings. The van der Waals surface area contributed by atoms with Crippen LogP contribution in [0.5, 0.6) is 5.75 Å². The molecular formula is C24H23ClN10O8S3. The second kappa shape index (κ2) is 13.9. The number of rotatable bonds is 13. The number of phenols is 1. The fourth-order valence-electron chi connectivity index (χ4n) is 4.32. The lowest BCUT2D eigenvalue weighted by molar-refractivity contribution is -0.157. The molecule has 0 saturated carbocycles. The van der Waals surface area contributed by atoms with Crippen LogP contribution >= 0.6 is 46.5 Å². The normalized spacial score (nSPS) is 20.7. The van der Waals surface area contributed by atoms with Crippen molar-refractivity contribution in [3.05, 3.63) is 34.3 Å². The van der Waals surface area contributed by atoms with Crippen LogP contribution in [-0.4, -0.2) is 112 Å². The van der Waals surface area contributed by atoms with Gasteiger partial charge in [-0.05, 0) is 28.6 Å². The minimum Gasteiger partial charge on any atom is -0.506 e. The van der Waals surface area contributed by atoms with Gasteiger partial charge in [-0.3, -0.25) is 24.0 Å². The number of hydrogen-bond acceptors (Lipinski definition) is 15. The first-order valence-corrected chi connectivity index (χ1v) is 16.3. The molecule has 2 unspecified atom stereocenters. The van der Waals surface area contributed by atoms with Crippen molar-refractivity contribution in [3.8, 4) is 5.75 Å². The molecule has 3 aromatic rings. The smallest absolute Gasteiger partial charge is 0.313 e. The number of fused-ring (bicyclic) bond motifs is 1. The van der Waals surface area contributed by atoms with Gasteiger partial charge in [0.05, 0.1) is 5.69 Å². The summed E-state index contributed by atoms with van der Waals surface area (Å²) in [5.41, 5.74) is -1.66. The largest absolute Gasteiger partial charge is 0.506 e. The van der Waals surface area contributed by atoms with Crippen LogP contribution in [0.1, 0.15) is 5.69 Å². The summed E-state index contributed by atoms with van der Waals surface area (Å²) in [5.74, 6) is -3.15. The number of aryl methyl sites for hydroxylation is 1. The molecule has 2 saturated heterocycles. The molecule has 1 aromatic carbocycles.